The van der Waals surface area contributed by atoms with Crippen molar-refractivity contribution in [2.75, 3.05) is 18.0 Å². The summed E-state index contributed by atoms with van der Waals surface area (Å²) in [4.78, 5) is 19.4. The molecule has 4 nitrogen and oxygen atoms in total. The van der Waals surface area contributed by atoms with Gasteiger partial charge in [-0.2, -0.15) is 0 Å². The topological polar surface area (TPSA) is 41.9 Å². The maximum absolute atomic E-state index is 11.9. The lowest BCUT2D eigenvalue weighted by atomic mass is 10.1. The van der Waals surface area contributed by atoms with Crippen molar-refractivity contribution in [3.05, 3.63) is 57.9 Å². The third-order valence-corrected chi connectivity index (χ3v) is 4.54. The molecular formula is C18H18N2O2S. The van der Waals surface area contributed by atoms with Crippen LogP contribution in [-0.2, 0) is 9.53 Å². The quantitative estimate of drug-likeness (QED) is 0.617. The predicted molar refractivity (Wildman–Crippen MR) is 94.9 cm³/mol. The molecule has 0 unspecified atom stereocenters. The summed E-state index contributed by atoms with van der Waals surface area (Å²) in [7, 11) is 0. The number of ether oxygens (including phenoxy) is 1. The Morgan fingerprint density at radius 3 is 2.52 bits per heavy atom. The minimum Gasteiger partial charge on any atom is -0.401 e. The zero-order chi connectivity index (χ0) is 16.2. The van der Waals surface area contributed by atoms with Crippen molar-refractivity contribution in [2.45, 2.75) is 13.8 Å². The summed E-state index contributed by atoms with van der Waals surface area (Å²) in [5.74, 6) is -0.0165. The lowest BCUT2D eigenvalue weighted by molar-refractivity contribution is -0.129. The fraction of sp³-hybridized carbons (Fsp3) is 0.222. The van der Waals surface area contributed by atoms with Crippen molar-refractivity contribution in [3.8, 4) is 0 Å². The lowest BCUT2D eigenvalue weighted by Crippen LogP contribution is -2.21. The predicted octanol–water partition coefficient (Wildman–Crippen LogP) is 3.94. The van der Waals surface area contributed by atoms with E-state index in [1.54, 1.807) is 6.08 Å². The largest absolute Gasteiger partial charge is 0.401 e. The maximum Gasteiger partial charge on any atom is 0.363 e. The normalized spacial score (nSPS) is 15.7. The molecule has 23 heavy (non-hydrogen) atoms. The summed E-state index contributed by atoms with van der Waals surface area (Å²) in [5, 5.41) is 1.93. The van der Waals surface area contributed by atoms with E-state index in [0.717, 1.165) is 23.5 Å². The van der Waals surface area contributed by atoms with E-state index in [1.165, 1.54) is 17.0 Å². The summed E-state index contributed by atoms with van der Waals surface area (Å²) in [6, 6.07) is 11.9. The number of anilines is 1. The zero-order valence-corrected chi connectivity index (χ0v) is 14.0. The first kappa shape index (κ1) is 15.5. The second-order valence-corrected chi connectivity index (χ2v) is 6.02. The number of nitrogens with zero attached hydrogens (tertiary/aromatic N) is 2. The van der Waals surface area contributed by atoms with Crippen LogP contribution in [0.25, 0.3) is 6.08 Å². The number of carbonyl (C=O) groups excluding carboxylic acids is 1. The standard InChI is InChI=1S/C18H18N2O2S/c1-3-20(4-2)14-9-7-13(8-10-14)12-15-18(21)22-17(19-15)16-6-5-11-23-16/h5-12H,3-4H2,1-2H3/b15-12-. The highest BCUT2D eigenvalue weighted by atomic mass is 32.1. The van der Waals surface area contributed by atoms with Gasteiger partial charge in [-0.05, 0) is 49.1 Å². The highest BCUT2D eigenvalue weighted by Gasteiger charge is 2.24. The van der Waals surface area contributed by atoms with Crippen LogP contribution < -0.4 is 4.90 Å². The van der Waals surface area contributed by atoms with Crippen molar-refractivity contribution in [1.82, 2.24) is 0 Å². The van der Waals surface area contributed by atoms with Crippen LogP contribution in [0, 0.1) is 0 Å². The van der Waals surface area contributed by atoms with Gasteiger partial charge in [-0.3, -0.25) is 0 Å². The van der Waals surface area contributed by atoms with Crippen LogP contribution in [0.3, 0.4) is 0 Å². The van der Waals surface area contributed by atoms with Crippen LogP contribution in [0.15, 0.2) is 52.5 Å². The van der Waals surface area contributed by atoms with Gasteiger partial charge < -0.3 is 9.64 Å². The summed E-state index contributed by atoms with van der Waals surface area (Å²) in [6.45, 7) is 6.21. The van der Waals surface area contributed by atoms with Crippen molar-refractivity contribution in [1.29, 1.82) is 0 Å². The number of thiophene rings is 1. The molecule has 0 N–H and O–H groups in total. The average molecular weight is 326 g/mol. The molecule has 0 saturated carbocycles. The Bertz CT molecular complexity index is 742. The fourth-order valence-corrected chi connectivity index (χ4v) is 3.09. The molecule has 0 amide bonds. The molecule has 1 aliphatic heterocycles. The van der Waals surface area contributed by atoms with Crippen LogP contribution in [0.5, 0.6) is 0 Å². The molecule has 0 atom stereocenters. The van der Waals surface area contributed by atoms with Crippen LogP contribution in [0.2, 0.25) is 0 Å². The minimum absolute atomic E-state index is 0.337. The smallest absolute Gasteiger partial charge is 0.363 e. The first-order valence-electron chi connectivity index (χ1n) is 7.62. The minimum atomic E-state index is -0.402. The van der Waals surface area contributed by atoms with Crippen molar-refractivity contribution >= 4 is 35.0 Å². The number of cyclic esters (lactones) is 1. The van der Waals surface area contributed by atoms with Gasteiger partial charge in [0.15, 0.2) is 5.70 Å². The summed E-state index contributed by atoms with van der Waals surface area (Å²) in [6.07, 6.45) is 1.76. The zero-order valence-electron chi connectivity index (χ0n) is 13.2. The van der Waals surface area contributed by atoms with E-state index in [4.69, 9.17) is 4.74 Å². The van der Waals surface area contributed by atoms with Gasteiger partial charge in [0, 0.05) is 18.8 Å². The molecule has 0 saturated heterocycles. The molecule has 0 fully saturated rings. The number of rotatable bonds is 5. The highest BCUT2D eigenvalue weighted by molar-refractivity contribution is 7.12. The third kappa shape index (κ3) is 3.35. The Morgan fingerprint density at radius 2 is 1.91 bits per heavy atom. The van der Waals surface area contributed by atoms with Gasteiger partial charge in [-0.1, -0.05) is 18.2 Å². The molecule has 5 heteroatoms. The van der Waals surface area contributed by atoms with Gasteiger partial charge >= 0.3 is 5.97 Å². The van der Waals surface area contributed by atoms with Crippen LogP contribution in [0.4, 0.5) is 5.69 Å². The lowest BCUT2D eigenvalue weighted by Gasteiger charge is -2.20. The van der Waals surface area contributed by atoms with Gasteiger partial charge in [0.1, 0.15) is 0 Å². The number of aliphatic imine (C=N–C) groups is 1. The Labute approximate surface area is 139 Å². The van der Waals surface area contributed by atoms with Crippen molar-refractivity contribution < 1.29 is 9.53 Å². The average Bonchev–Trinajstić information content (AvgIpc) is 3.21. The second-order valence-electron chi connectivity index (χ2n) is 5.08. The molecule has 118 valence electrons. The van der Waals surface area contributed by atoms with E-state index < -0.39 is 5.97 Å². The molecule has 0 aliphatic carbocycles. The molecule has 0 bridgehead atoms. The fourth-order valence-electron chi connectivity index (χ4n) is 2.44. The van der Waals surface area contributed by atoms with E-state index in [0.29, 0.717) is 11.6 Å². The van der Waals surface area contributed by atoms with Crippen LogP contribution in [-0.4, -0.2) is 25.0 Å². The summed E-state index contributed by atoms with van der Waals surface area (Å²) >= 11 is 1.50. The van der Waals surface area contributed by atoms with E-state index in [-0.39, 0.29) is 0 Å². The molecule has 3 rings (SSSR count). The second kappa shape index (κ2) is 6.79. The number of carbonyl (C=O) groups is 1. The number of benzene rings is 1. The highest BCUT2D eigenvalue weighted by Crippen LogP contribution is 2.22. The van der Waals surface area contributed by atoms with E-state index in [2.05, 4.69) is 35.9 Å². The van der Waals surface area contributed by atoms with Gasteiger partial charge in [0.25, 0.3) is 0 Å². The Balaban J connectivity index is 1.82. The van der Waals surface area contributed by atoms with Crippen molar-refractivity contribution in [3.63, 3.8) is 0 Å². The number of hydrogen-bond donors (Lipinski definition) is 0. The van der Waals surface area contributed by atoms with Gasteiger partial charge in [-0.25, -0.2) is 9.79 Å². The SMILES string of the molecule is CCN(CC)c1ccc(/C=C2\N=C(c3cccs3)OC2=O)cc1. The molecule has 0 radical (unpaired) electrons. The van der Waals surface area contributed by atoms with Crippen LogP contribution >= 0.6 is 11.3 Å². The monoisotopic (exact) mass is 326 g/mol. The maximum atomic E-state index is 11.9. The van der Waals surface area contributed by atoms with Gasteiger partial charge in [0.2, 0.25) is 5.90 Å². The first-order valence-corrected chi connectivity index (χ1v) is 8.50. The molecule has 2 heterocycles. The summed E-state index contributed by atoms with van der Waals surface area (Å²) in [5.41, 5.74) is 2.45. The number of esters is 1. The first-order chi connectivity index (χ1) is 11.2. The molecular weight excluding hydrogens is 308 g/mol. The van der Waals surface area contributed by atoms with Gasteiger partial charge in [0.05, 0.1) is 4.88 Å². The molecule has 1 aromatic heterocycles. The number of hydrogen-bond acceptors (Lipinski definition) is 5. The molecule has 1 aromatic carbocycles. The molecule has 0 spiro atoms. The Morgan fingerprint density at radius 1 is 1.17 bits per heavy atom. The Kier molecular flexibility index (Phi) is 4.57. The van der Waals surface area contributed by atoms with E-state index >= 15 is 0 Å². The summed E-state index contributed by atoms with van der Waals surface area (Å²) < 4.78 is 5.23. The van der Waals surface area contributed by atoms with E-state index in [9.17, 15) is 4.79 Å². The van der Waals surface area contributed by atoms with Crippen LogP contribution in [0.1, 0.15) is 24.3 Å². The molecule has 1 aliphatic rings. The van der Waals surface area contributed by atoms with E-state index in [1.807, 2.05) is 29.6 Å². The van der Waals surface area contributed by atoms with Gasteiger partial charge in [-0.15, -0.1) is 11.3 Å². The van der Waals surface area contributed by atoms with Crippen molar-refractivity contribution in [2.24, 2.45) is 4.99 Å². The third-order valence-electron chi connectivity index (χ3n) is 3.68. The molecule has 2 aromatic rings. The Hall–Kier alpha value is -2.40.